The highest BCUT2D eigenvalue weighted by molar-refractivity contribution is 6.33. The van der Waals surface area contributed by atoms with Crippen molar-refractivity contribution in [1.82, 2.24) is 24.9 Å². The zero-order chi connectivity index (χ0) is 22.7. The molecule has 9 nitrogen and oxygen atoms in total. The Labute approximate surface area is 191 Å². The van der Waals surface area contributed by atoms with Gasteiger partial charge in [-0.2, -0.15) is 9.78 Å². The average Bonchev–Trinajstić information content (AvgIpc) is 3.30. The van der Waals surface area contributed by atoms with Crippen LogP contribution in [0.2, 0.25) is 5.02 Å². The molecule has 4 saturated carbocycles. The highest BCUT2D eigenvalue weighted by atomic mass is 35.5. The summed E-state index contributed by atoms with van der Waals surface area (Å²) < 4.78 is 3.69. The molecule has 32 heavy (non-hydrogen) atoms. The first kappa shape index (κ1) is 21.4. The van der Waals surface area contributed by atoms with Crippen LogP contribution in [-0.2, 0) is 23.4 Å². The van der Waals surface area contributed by atoms with Crippen molar-refractivity contribution in [2.75, 3.05) is 0 Å². The fourth-order valence-corrected chi connectivity index (χ4v) is 7.36. The molecule has 0 radical (unpaired) electrons. The highest BCUT2D eigenvalue weighted by Gasteiger charge is 2.60. The number of carbonyl (C=O) groups is 1. The number of nitrogens with zero attached hydrogens (tertiary/aromatic N) is 5. The molecule has 2 aromatic rings. The molecule has 1 amide bonds. The largest absolute Gasteiger partial charge is 0.408 e. The predicted molar refractivity (Wildman–Crippen MR) is 118 cm³/mol. The Balaban J connectivity index is 1.36. The molecule has 2 heterocycles. The molecule has 0 aromatic carbocycles. The van der Waals surface area contributed by atoms with E-state index in [2.05, 4.69) is 15.5 Å². The Morgan fingerprint density at radius 1 is 1.34 bits per heavy atom. The van der Waals surface area contributed by atoms with Crippen LogP contribution in [0, 0.1) is 34.3 Å². The molecule has 4 bridgehead atoms. The first-order chi connectivity index (χ1) is 15.2. The molecule has 0 aliphatic heterocycles. The van der Waals surface area contributed by atoms with Crippen LogP contribution in [0.1, 0.15) is 63.1 Å². The molecular formula is C22H29ClN6O3. The van der Waals surface area contributed by atoms with Crippen LogP contribution in [-0.4, -0.2) is 30.4 Å². The second-order valence-corrected chi connectivity index (χ2v) is 10.6. The third-order valence-corrected chi connectivity index (χ3v) is 8.28. The van der Waals surface area contributed by atoms with Crippen molar-refractivity contribution in [3.8, 4) is 0 Å². The Morgan fingerprint density at radius 2 is 2.06 bits per heavy atom. The Bertz CT molecular complexity index is 1060. The van der Waals surface area contributed by atoms with Gasteiger partial charge in [0.05, 0.1) is 22.5 Å². The van der Waals surface area contributed by atoms with Crippen LogP contribution in [0.4, 0.5) is 5.82 Å². The fourth-order valence-electron chi connectivity index (χ4n) is 7.18. The van der Waals surface area contributed by atoms with Gasteiger partial charge in [0.2, 0.25) is 5.91 Å². The molecule has 6 rings (SSSR count). The van der Waals surface area contributed by atoms with Crippen molar-refractivity contribution in [3.63, 3.8) is 0 Å². The van der Waals surface area contributed by atoms with E-state index in [9.17, 15) is 14.9 Å². The van der Waals surface area contributed by atoms with Gasteiger partial charge in [-0.3, -0.25) is 9.48 Å². The van der Waals surface area contributed by atoms with E-state index < -0.39 is 4.92 Å². The summed E-state index contributed by atoms with van der Waals surface area (Å²) in [6.07, 6.45) is 10.2. The standard InChI is InChI=1S/C22H29ClN6O3/c1-3-27-12-17(11-25-27)10-24-18(30)9-21-5-15-4-16(6-21)8-22(7-15,13-21)28-14(2)19(23)20(26-28)29(31)32/h11-12,15-16H,3-10,13H2,1-2H3,(H,24,30). The molecule has 2 unspecified atom stereocenters. The average molecular weight is 461 g/mol. The molecule has 1 N–H and O–H groups in total. The summed E-state index contributed by atoms with van der Waals surface area (Å²) in [5.41, 5.74) is 1.29. The summed E-state index contributed by atoms with van der Waals surface area (Å²) in [4.78, 5) is 23.9. The Morgan fingerprint density at radius 3 is 2.66 bits per heavy atom. The molecule has 10 heteroatoms. The van der Waals surface area contributed by atoms with E-state index in [0.717, 1.165) is 44.2 Å². The second-order valence-electron chi connectivity index (χ2n) is 10.2. The monoisotopic (exact) mass is 460 g/mol. The maximum atomic E-state index is 13.0. The molecular weight excluding hydrogens is 432 g/mol. The topological polar surface area (TPSA) is 108 Å². The van der Waals surface area contributed by atoms with E-state index in [1.807, 2.05) is 29.4 Å². The van der Waals surface area contributed by atoms with Crippen LogP contribution >= 0.6 is 11.6 Å². The number of aromatic nitrogens is 4. The lowest BCUT2D eigenvalue weighted by Gasteiger charge is -2.61. The van der Waals surface area contributed by atoms with Crippen molar-refractivity contribution in [2.45, 2.75) is 77.4 Å². The summed E-state index contributed by atoms with van der Waals surface area (Å²) >= 11 is 6.28. The van der Waals surface area contributed by atoms with E-state index >= 15 is 0 Å². The smallest absolute Gasteiger partial charge is 0.358 e. The van der Waals surface area contributed by atoms with Crippen LogP contribution in [0.25, 0.3) is 0 Å². The third kappa shape index (κ3) is 3.50. The van der Waals surface area contributed by atoms with Crippen LogP contribution < -0.4 is 5.32 Å². The number of aryl methyl sites for hydroxylation is 1. The van der Waals surface area contributed by atoms with Gasteiger partial charge in [-0.1, -0.05) is 11.6 Å². The predicted octanol–water partition coefficient (Wildman–Crippen LogP) is 3.97. The SMILES string of the molecule is CCn1cc(CNC(=O)CC23CC4CC(C2)CC(n2nc([N+](=O)[O-])c(Cl)c2C)(C4)C3)cn1. The van der Waals surface area contributed by atoms with Gasteiger partial charge in [0.15, 0.2) is 5.02 Å². The molecule has 0 spiro atoms. The summed E-state index contributed by atoms with van der Waals surface area (Å²) in [6.45, 7) is 5.13. The van der Waals surface area contributed by atoms with Crippen molar-refractivity contribution in [1.29, 1.82) is 0 Å². The minimum absolute atomic E-state index is 0.0625. The Kier molecular flexibility index (Phi) is 5.07. The lowest BCUT2D eigenvalue weighted by molar-refractivity contribution is -0.389. The molecule has 0 saturated heterocycles. The lowest BCUT2D eigenvalue weighted by Crippen LogP contribution is -2.57. The Hall–Kier alpha value is -2.42. The van der Waals surface area contributed by atoms with Gasteiger partial charge >= 0.3 is 5.82 Å². The summed E-state index contributed by atoms with van der Waals surface area (Å²) in [6, 6.07) is 0. The number of hydrogen-bond donors (Lipinski definition) is 1. The molecule has 4 aliphatic rings. The fraction of sp³-hybridized carbons (Fsp3) is 0.682. The van der Waals surface area contributed by atoms with Gasteiger partial charge in [-0.05, 0) is 74.5 Å². The van der Waals surface area contributed by atoms with Gasteiger partial charge in [-0.15, -0.1) is 0 Å². The molecule has 4 aliphatic carbocycles. The van der Waals surface area contributed by atoms with Crippen molar-refractivity contribution in [2.24, 2.45) is 17.3 Å². The molecule has 2 aromatic heterocycles. The normalized spacial score (nSPS) is 30.6. The van der Waals surface area contributed by atoms with Crippen molar-refractivity contribution >= 4 is 23.3 Å². The van der Waals surface area contributed by atoms with Gasteiger partial charge < -0.3 is 15.4 Å². The van der Waals surface area contributed by atoms with Crippen molar-refractivity contribution in [3.05, 3.63) is 38.8 Å². The van der Waals surface area contributed by atoms with Gasteiger partial charge in [0.25, 0.3) is 0 Å². The van der Waals surface area contributed by atoms with E-state index in [4.69, 9.17) is 11.6 Å². The number of nitro groups is 1. The maximum absolute atomic E-state index is 13.0. The first-order valence-electron chi connectivity index (χ1n) is 11.4. The second kappa shape index (κ2) is 7.57. The maximum Gasteiger partial charge on any atom is 0.408 e. The molecule has 4 fully saturated rings. The quantitative estimate of drug-likeness (QED) is 0.496. The van der Waals surface area contributed by atoms with Crippen LogP contribution in [0.5, 0.6) is 0 Å². The summed E-state index contributed by atoms with van der Waals surface area (Å²) in [5.74, 6) is 0.841. The highest BCUT2D eigenvalue weighted by Crippen LogP contribution is 2.65. The summed E-state index contributed by atoms with van der Waals surface area (Å²) in [5, 5.41) is 23.3. The minimum Gasteiger partial charge on any atom is -0.358 e. The first-order valence-corrected chi connectivity index (χ1v) is 11.8. The van der Waals surface area contributed by atoms with Crippen LogP contribution in [0.15, 0.2) is 12.4 Å². The number of hydrogen-bond acceptors (Lipinski definition) is 5. The van der Waals surface area contributed by atoms with E-state index in [0.29, 0.717) is 30.5 Å². The van der Waals surface area contributed by atoms with Gasteiger partial charge in [0.1, 0.15) is 0 Å². The summed E-state index contributed by atoms with van der Waals surface area (Å²) in [7, 11) is 0. The minimum atomic E-state index is -0.504. The van der Waals surface area contributed by atoms with Crippen LogP contribution in [0.3, 0.4) is 0 Å². The van der Waals surface area contributed by atoms with E-state index in [1.54, 1.807) is 6.20 Å². The van der Waals surface area contributed by atoms with E-state index in [1.165, 1.54) is 6.42 Å². The van der Waals surface area contributed by atoms with Gasteiger partial charge in [0, 0.05) is 31.3 Å². The van der Waals surface area contributed by atoms with Crippen molar-refractivity contribution < 1.29 is 9.72 Å². The lowest BCUT2D eigenvalue weighted by atomic mass is 9.46. The number of rotatable bonds is 7. The third-order valence-electron chi connectivity index (χ3n) is 7.84. The van der Waals surface area contributed by atoms with Gasteiger partial charge in [-0.25, -0.2) is 0 Å². The van der Waals surface area contributed by atoms with E-state index in [-0.39, 0.29) is 27.7 Å². The zero-order valence-electron chi connectivity index (χ0n) is 18.5. The number of carbonyl (C=O) groups excluding carboxylic acids is 1. The number of halogens is 1. The molecule has 2 atom stereocenters. The molecule has 172 valence electrons. The number of nitrogens with one attached hydrogen (secondary N) is 1. The zero-order valence-corrected chi connectivity index (χ0v) is 19.3. The number of amides is 1.